The van der Waals surface area contributed by atoms with E-state index in [-0.39, 0.29) is 5.82 Å². The summed E-state index contributed by atoms with van der Waals surface area (Å²) < 4.78 is 16.0. The molecule has 19 heavy (non-hydrogen) atoms. The van der Waals surface area contributed by atoms with Crippen LogP contribution in [0.1, 0.15) is 5.69 Å². The van der Waals surface area contributed by atoms with Gasteiger partial charge in [-0.2, -0.15) is 0 Å². The quantitative estimate of drug-likeness (QED) is 0.437. The number of rotatable bonds is 1. The lowest BCUT2D eigenvalue weighted by Crippen LogP contribution is -1.89. The van der Waals surface area contributed by atoms with Crippen molar-refractivity contribution in [1.29, 1.82) is 0 Å². The van der Waals surface area contributed by atoms with Crippen LogP contribution in [-0.2, 0) is 0 Å². The molecule has 1 aromatic carbocycles. The summed E-state index contributed by atoms with van der Waals surface area (Å²) in [5.41, 5.74) is 3.38. The first-order valence-corrected chi connectivity index (χ1v) is 7.12. The third-order valence-corrected chi connectivity index (χ3v) is 4.17. The van der Waals surface area contributed by atoms with E-state index in [2.05, 4.69) is 4.98 Å². The second-order valence-electron chi connectivity index (χ2n) is 4.22. The zero-order valence-electron chi connectivity index (χ0n) is 9.99. The van der Waals surface area contributed by atoms with Gasteiger partial charge in [0.15, 0.2) is 0 Å². The minimum Gasteiger partial charge on any atom is -0.304 e. The summed E-state index contributed by atoms with van der Waals surface area (Å²) in [6.07, 6.45) is 1.95. The number of aromatic nitrogens is 2. The first kappa shape index (κ1) is 12.9. The van der Waals surface area contributed by atoms with Crippen molar-refractivity contribution in [3.05, 3.63) is 56.6 Å². The van der Waals surface area contributed by atoms with Crippen LogP contribution in [0, 0.1) is 16.3 Å². The van der Waals surface area contributed by atoms with Gasteiger partial charge in [0.05, 0.1) is 10.7 Å². The summed E-state index contributed by atoms with van der Waals surface area (Å²) in [5.74, 6) is -0.309. The Hall–Kier alpha value is -1.14. The van der Waals surface area contributed by atoms with E-state index in [1.165, 1.54) is 6.07 Å². The van der Waals surface area contributed by atoms with Gasteiger partial charge in [-0.3, -0.25) is 0 Å². The monoisotopic (exact) mass is 386 g/mol. The number of nitrogens with zero attached hydrogens (tertiary/aromatic N) is 2. The average molecular weight is 387 g/mol. The van der Waals surface area contributed by atoms with Gasteiger partial charge in [0.1, 0.15) is 11.5 Å². The second-order valence-corrected chi connectivity index (χ2v) is 5.79. The molecular formula is C14H9ClFIN2. The van der Waals surface area contributed by atoms with Crippen LogP contribution in [0.25, 0.3) is 16.9 Å². The highest BCUT2D eigenvalue weighted by Crippen LogP contribution is 2.32. The number of benzene rings is 1. The highest BCUT2D eigenvalue weighted by molar-refractivity contribution is 14.1. The number of aryl methyl sites for hydroxylation is 1. The van der Waals surface area contributed by atoms with Crippen molar-refractivity contribution in [1.82, 2.24) is 9.38 Å². The number of halogens is 3. The maximum atomic E-state index is 13.5. The molecule has 0 fully saturated rings. The van der Waals surface area contributed by atoms with Crippen LogP contribution >= 0.6 is 34.2 Å². The highest BCUT2D eigenvalue weighted by Gasteiger charge is 2.15. The molecule has 0 amide bonds. The van der Waals surface area contributed by atoms with Crippen LogP contribution in [0.15, 0.2) is 36.5 Å². The van der Waals surface area contributed by atoms with Gasteiger partial charge in [-0.15, -0.1) is 0 Å². The fourth-order valence-corrected chi connectivity index (χ4v) is 2.78. The van der Waals surface area contributed by atoms with Crippen molar-refractivity contribution in [3.8, 4) is 11.3 Å². The van der Waals surface area contributed by atoms with Gasteiger partial charge in [0.25, 0.3) is 0 Å². The molecule has 2 nitrogen and oxygen atoms in total. The maximum Gasteiger partial charge on any atom is 0.138 e. The van der Waals surface area contributed by atoms with Crippen LogP contribution in [0.3, 0.4) is 0 Å². The lowest BCUT2D eigenvalue weighted by atomic mass is 10.1. The molecule has 0 atom stereocenters. The number of hydrogen-bond donors (Lipinski definition) is 0. The predicted octanol–water partition coefficient (Wildman–Crippen LogP) is 4.71. The second kappa shape index (κ2) is 4.76. The Labute approximate surface area is 128 Å². The smallest absolute Gasteiger partial charge is 0.138 e. The van der Waals surface area contributed by atoms with Crippen LogP contribution in [0.4, 0.5) is 4.39 Å². The topological polar surface area (TPSA) is 17.3 Å². The summed E-state index contributed by atoms with van der Waals surface area (Å²) in [7, 11) is 0. The van der Waals surface area contributed by atoms with Crippen LogP contribution in [-0.4, -0.2) is 9.38 Å². The summed E-state index contributed by atoms with van der Waals surface area (Å²) in [6, 6.07) is 8.87. The van der Waals surface area contributed by atoms with E-state index < -0.39 is 0 Å². The molecular weight excluding hydrogens is 378 g/mol. The van der Waals surface area contributed by atoms with Crippen molar-refractivity contribution in [2.75, 3.05) is 0 Å². The van der Waals surface area contributed by atoms with E-state index in [0.29, 0.717) is 8.59 Å². The number of pyridine rings is 1. The lowest BCUT2D eigenvalue weighted by Gasteiger charge is -2.04. The normalized spacial score (nSPS) is 11.2. The molecule has 3 aromatic rings. The van der Waals surface area contributed by atoms with Gasteiger partial charge in [-0.25, -0.2) is 9.37 Å². The summed E-state index contributed by atoms with van der Waals surface area (Å²) in [4.78, 5) is 4.57. The van der Waals surface area contributed by atoms with Crippen molar-refractivity contribution in [2.45, 2.75) is 6.92 Å². The Morgan fingerprint density at radius 1 is 1.32 bits per heavy atom. The molecule has 2 aromatic heterocycles. The number of imidazole rings is 1. The van der Waals surface area contributed by atoms with Crippen molar-refractivity contribution >= 4 is 39.8 Å². The maximum absolute atomic E-state index is 13.5. The fraction of sp³-hybridized carbons (Fsp3) is 0.0714. The van der Waals surface area contributed by atoms with Crippen molar-refractivity contribution in [3.63, 3.8) is 0 Å². The molecule has 0 aliphatic heterocycles. The van der Waals surface area contributed by atoms with E-state index in [0.717, 1.165) is 22.6 Å². The van der Waals surface area contributed by atoms with Gasteiger partial charge in [0, 0.05) is 21.0 Å². The summed E-state index contributed by atoms with van der Waals surface area (Å²) in [5, 5.41) is 0.379. The van der Waals surface area contributed by atoms with Crippen LogP contribution in [0.5, 0.6) is 0 Å². The van der Waals surface area contributed by atoms with Crippen LogP contribution in [0.2, 0.25) is 5.02 Å². The first-order valence-electron chi connectivity index (χ1n) is 5.66. The average Bonchev–Trinajstić information content (AvgIpc) is 2.72. The van der Waals surface area contributed by atoms with Gasteiger partial charge in [-0.1, -0.05) is 17.7 Å². The molecule has 96 valence electrons. The van der Waals surface area contributed by atoms with E-state index in [9.17, 15) is 4.39 Å². The molecule has 0 saturated heterocycles. The Morgan fingerprint density at radius 3 is 2.84 bits per heavy atom. The minimum atomic E-state index is -0.309. The lowest BCUT2D eigenvalue weighted by molar-refractivity contribution is 0.620. The van der Waals surface area contributed by atoms with E-state index >= 15 is 0 Å². The molecule has 2 heterocycles. The molecule has 5 heteroatoms. The molecule has 0 bridgehead atoms. The van der Waals surface area contributed by atoms with E-state index in [4.69, 9.17) is 11.6 Å². The van der Waals surface area contributed by atoms with Gasteiger partial charge in [0.2, 0.25) is 0 Å². The van der Waals surface area contributed by atoms with Crippen molar-refractivity contribution < 1.29 is 4.39 Å². The van der Waals surface area contributed by atoms with E-state index in [1.54, 1.807) is 6.07 Å². The van der Waals surface area contributed by atoms with Crippen LogP contribution < -0.4 is 0 Å². The van der Waals surface area contributed by atoms with Gasteiger partial charge < -0.3 is 4.40 Å². The zero-order chi connectivity index (χ0) is 13.6. The third-order valence-electron chi connectivity index (χ3n) is 3.03. The Balaban J connectivity index is 2.30. The third kappa shape index (κ3) is 2.12. The van der Waals surface area contributed by atoms with Crippen molar-refractivity contribution in [2.24, 2.45) is 0 Å². The molecule has 0 saturated carbocycles. The first-order chi connectivity index (χ1) is 9.08. The van der Waals surface area contributed by atoms with Gasteiger partial charge >= 0.3 is 0 Å². The highest BCUT2D eigenvalue weighted by atomic mass is 127. The molecule has 0 N–H and O–H groups in total. The zero-order valence-corrected chi connectivity index (χ0v) is 12.9. The largest absolute Gasteiger partial charge is 0.304 e. The molecule has 0 aliphatic rings. The van der Waals surface area contributed by atoms with E-state index in [1.807, 2.05) is 58.3 Å². The number of fused-ring (bicyclic) bond motifs is 1. The summed E-state index contributed by atoms with van der Waals surface area (Å²) in [6.45, 7) is 1.97. The Morgan fingerprint density at radius 2 is 2.11 bits per heavy atom. The van der Waals surface area contributed by atoms with Gasteiger partial charge in [-0.05, 0) is 53.8 Å². The molecule has 0 radical (unpaired) electrons. The summed E-state index contributed by atoms with van der Waals surface area (Å²) >= 11 is 8.10. The number of hydrogen-bond acceptors (Lipinski definition) is 1. The Kier molecular flexibility index (Phi) is 3.22. The SMILES string of the molecule is Cc1c(-c2cc(I)c(F)cc2Cl)nc2ccccn12. The predicted molar refractivity (Wildman–Crippen MR) is 83.0 cm³/mol. The fourth-order valence-electron chi connectivity index (χ4n) is 2.08. The molecule has 0 unspecified atom stereocenters. The minimum absolute atomic E-state index is 0.309. The molecule has 0 spiro atoms. The molecule has 0 aliphatic carbocycles. The standard InChI is InChI=1S/C14H9ClFIN2/c1-8-14(18-13-4-2-3-5-19(8)13)9-6-12(17)11(16)7-10(9)15/h2-7H,1H3. The Bertz CT molecular complexity index is 782. The molecule has 3 rings (SSSR count).